The maximum Gasteiger partial charge on any atom is 0.410 e. The van der Waals surface area contributed by atoms with Gasteiger partial charge in [-0.2, -0.15) is 0 Å². The molecule has 1 aliphatic carbocycles. The highest BCUT2D eigenvalue weighted by atomic mass is 32.2. The zero-order valence-electron chi connectivity index (χ0n) is 18.3. The van der Waals surface area contributed by atoms with Gasteiger partial charge in [0.2, 0.25) is 0 Å². The molecule has 1 aromatic rings. The van der Waals surface area contributed by atoms with Gasteiger partial charge in [-0.15, -0.1) is 0 Å². The number of rotatable bonds is 2. The highest BCUT2D eigenvalue weighted by Gasteiger charge is 2.50. The van der Waals surface area contributed by atoms with Gasteiger partial charge in [0.25, 0.3) is 0 Å². The molecule has 2 aliphatic rings. The first-order valence-corrected chi connectivity index (χ1v) is 11.4. The molecule has 2 atom stereocenters. The van der Waals surface area contributed by atoms with Crippen LogP contribution in [0.25, 0.3) is 0 Å². The number of halogens is 1. The molecule has 0 saturated carbocycles. The molecule has 1 heterocycles. The number of nitrogens with zero attached hydrogens (tertiary/aromatic N) is 1. The molecule has 1 aromatic carbocycles. The van der Waals surface area contributed by atoms with Crippen LogP contribution in [0.5, 0.6) is 0 Å². The lowest BCUT2D eigenvalue weighted by atomic mass is 9.73. The fourth-order valence-electron chi connectivity index (χ4n) is 4.22. The first-order chi connectivity index (χ1) is 13.3. The second-order valence-electron chi connectivity index (χ2n) is 10.2. The third-order valence-corrected chi connectivity index (χ3v) is 7.36. The second-order valence-corrected chi connectivity index (χ2v) is 12.2. The Balaban J connectivity index is 1.83. The minimum Gasteiger partial charge on any atom is -0.444 e. The summed E-state index contributed by atoms with van der Waals surface area (Å²) in [5.74, 6) is -0.206. The van der Waals surface area contributed by atoms with Crippen LogP contribution in [-0.2, 0) is 22.1 Å². The summed E-state index contributed by atoms with van der Waals surface area (Å²) in [7, 11) is -1.28. The first-order valence-electron chi connectivity index (χ1n) is 10.3. The molecule has 1 unspecified atom stereocenters. The molecule has 0 aromatic heterocycles. The van der Waals surface area contributed by atoms with Gasteiger partial charge in [-0.3, -0.25) is 0 Å². The molecule has 0 radical (unpaired) electrons. The van der Waals surface area contributed by atoms with E-state index in [-0.39, 0.29) is 23.4 Å². The Bertz CT molecular complexity index is 805. The quantitative estimate of drug-likeness (QED) is 0.761. The average Bonchev–Trinajstić information content (AvgIpc) is 2.88. The van der Waals surface area contributed by atoms with Gasteiger partial charge in [0.05, 0.1) is 21.8 Å². The Kier molecular flexibility index (Phi) is 5.86. The highest BCUT2D eigenvalue weighted by Crippen LogP contribution is 2.53. The zero-order chi connectivity index (χ0) is 21.6. The van der Waals surface area contributed by atoms with Gasteiger partial charge in [-0.1, -0.05) is 12.1 Å². The molecule has 1 N–H and O–H groups in total. The van der Waals surface area contributed by atoms with E-state index in [1.807, 2.05) is 47.6 Å². The van der Waals surface area contributed by atoms with Crippen LogP contribution in [0.15, 0.2) is 18.2 Å². The van der Waals surface area contributed by atoms with Crippen LogP contribution in [-0.4, -0.2) is 38.6 Å². The number of benzene rings is 1. The molecule has 5 nitrogen and oxygen atoms in total. The number of hydrogen-bond acceptors (Lipinski definition) is 3. The Morgan fingerprint density at radius 2 is 1.83 bits per heavy atom. The van der Waals surface area contributed by atoms with Crippen molar-refractivity contribution in [1.29, 1.82) is 0 Å². The monoisotopic (exact) mass is 424 g/mol. The number of carbonyl (C=O) groups excluding carboxylic acids is 1. The van der Waals surface area contributed by atoms with Crippen molar-refractivity contribution >= 4 is 17.1 Å². The number of carbonyl (C=O) groups is 1. The van der Waals surface area contributed by atoms with E-state index in [4.69, 9.17) is 4.74 Å². The lowest BCUT2D eigenvalue weighted by Gasteiger charge is -2.44. The third-order valence-electron chi connectivity index (χ3n) is 5.80. The minimum absolute atomic E-state index is 0.200. The van der Waals surface area contributed by atoms with Crippen LogP contribution in [0.1, 0.15) is 71.6 Å². The predicted octanol–water partition coefficient (Wildman–Crippen LogP) is 4.49. The van der Waals surface area contributed by atoms with E-state index in [1.165, 1.54) is 6.07 Å². The van der Waals surface area contributed by atoms with Crippen LogP contribution in [0, 0.1) is 11.2 Å². The number of piperidine rings is 1. The van der Waals surface area contributed by atoms with Gasteiger partial charge in [0.15, 0.2) is 0 Å². The van der Waals surface area contributed by atoms with Crippen LogP contribution in [0.2, 0.25) is 0 Å². The van der Waals surface area contributed by atoms with E-state index >= 15 is 0 Å². The topological polar surface area (TPSA) is 58.6 Å². The van der Waals surface area contributed by atoms with Crippen molar-refractivity contribution in [2.75, 3.05) is 13.1 Å². The maximum atomic E-state index is 14.6. The number of fused-ring (bicyclic) bond motifs is 1. The van der Waals surface area contributed by atoms with Gasteiger partial charge in [-0.25, -0.2) is 18.1 Å². The van der Waals surface area contributed by atoms with Gasteiger partial charge in [0, 0.05) is 13.1 Å². The van der Waals surface area contributed by atoms with Crippen LogP contribution >= 0.6 is 0 Å². The smallest absolute Gasteiger partial charge is 0.410 e. The van der Waals surface area contributed by atoms with Crippen molar-refractivity contribution in [3.05, 3.63) is 35.1 Å². The molecular formula is C22H33FN2O3S. The molecule has 1 saturated heterocycles. The highest BCUT2D eigenvalue weighted by molar-refractivity contribution is 7.84. The first kappa shape index (κ1) is 22.2. The van der Waals surface area contributed by atoms with Crippen LogP contribution in [0.4, 0.5) is 9.18 Å². The summed E-state index contributed by atoms with van der Waals surface area (Å²) in [4.78, 5) is 14.2. The molecule has 1 aliphatic heterocycles. The zero-order valence-corrected chi connectivity index (χ0v) is 19.1. The van der Waals surface area contributed by atoms with E-state index < -0.39 is 21.3 Å². The van der Waals surface area contributed by atoms with Gasteiger partial charge in [-0.05, 0) is 83.4 Å². The predicted molar refractivity (Wildman–Crippen MR) is 113 cm³/mol. The Hall–Kier alpha value is -1.47. The van der Waals surface area contributed by atoms with Crippen molar-refractivity contribution in [2.24, 2.45) is 5.41 Å². The van der Waals surface area contributed by atoms with Gasteiger partial charge in [0.1, 0.15) is 11.4 Å². The SMILES string of the molecule is CC(C)(C)OC(=O)N1CCC2(CC1)Cc1c(F)cccc1C2N[S@](=O)C(C)(C)C. The summed E-state index contributed by atoms with van der Waals surface area (Å²) < 4.78 is 35.9. The molecule has 7 heteroatoms. The summed E-state index contributed by atoms with van der Waals surface area (Å²) in [6.07, 6.45) is 1.70. The summed E-state index contributed by atoms with van der Waals surface area (Å²) in [6, 6.07) is 4.95. The summed E-state index contributed by atoms with van der Waals surface area (Å²) in [6.45, 7) is 12.4. The number of hydrogen-bond donors (Lipinski definition) is 1. The maximum absolute atomic E-state index is 14.6. The van der Waals surface area contributed by atoms with Crippen molar-refractivity contribution in [3.63, 3.8) is 0 Å². The number of ether oxygens (including phenoxy) is 1. The Morgan fingerprint density at radius 1 is 1.21 bits per heavy atom. The second kappa shape index (κ2) is 7.65. The molecule has 3 rings (SSSR count). The van der Waals surface area contributed by atoms with Crippen molar-refractivity contribution in [2.45, 2.75) is 77.2 Å². The summed E-state index contributed by atoms with van der Waals surface area (Å²) >= 11 is 0. The van der Waals surface area contributed by atoms with E-state index in [0.717, 1.165) is 5.56 Å². The summed E-state index contributed by atoms with van der Waals surface area (Å²) in [5, 5.41) is 0. The molecule has 0 bridgehead atoms. The molecule has 162 valence electrons. The Labute approximate surface area is 176 Å². The van der Waals surface area contributed by atoms with Crippen molar-refractivity contribution < 1.29 is 18.1 Å². The van der Waals surface area contributed by atoms with E-state index in [0.29, 0.717) is 37.9 Å². The fourth-order valence-corrected chi connectivity index (χ4v) is 5.16. The Morgan fingerprint density at radius 3 is 2.38 bits per heavy atom. The molecule has 1 fully saturated rings. The normalized spacial score (nSPS) is 22.4. The van der Waals surface area contributed by atoms with Crippen molar-refractivity contribution in [3.8, 4) is 0 Å². The lowest BCUT2D eigenvalue weighted by molar-refractivity contribution is 0.00718. The number of nitrogens with one attached hydrogen (secondary N) is 1. The lowest BCUT2D eigenvalue weighted by Crippen LogP contribution is -2.49. The number of likely N-dealkylation sites (tertiary alicyclic amines) is 1. The third kappa shape index (κ3) is 4.66. The largest absolute Gasteiger partial charge is 0.444 e. The molecule has 29 heavy (non-hydrogen) atoms. The number of amides is 1. The summed E-state index contributed by atoms with van der Waals surface area (Å²) in [5.41, 5.74) is 0.811. The molecule has 1 spiro atoms. The van der Waals surface area contributed by atoms with Gasteiger partial charge >= 0.3 is 6.09 Å². The average molecular weight is 425 g/mol. The fraction of sp³-hybridized carbons (Fsp3) is 0.682. The standard InChI is InChI=1S/C22H33FN2O3S/c1-20(2,3)28-19(26)25-12-10-22(11-13-25)14-16-15(8-7-9-17(16)23)18(22)24-29(27)21(4,5)6/h7-9,18,24H,10-14H2,1-6H3/t18?,29-/m1/s1. The van der Waals surface area contributed by atoms with Crippen LogP contribution in [0.3, 0.4) is 0 Å². The van der Waals surface area contributed by atoms with Crippen molar-refractivity contribution in [1.82, 2.24) is 9.62 Å². The molecule has 1 amide bonds. The van der Waals surface area contributed by atoms with E-state index in [2.05, 4.69) is 4.72 Å². The molecular weight excluding hydrogens is 391 g/mol. The van der Waals surface area contributed by atoms with Gasteiger partial charge < -0.3 is 9.64 Å². The van der Waals surface area contributed by atoms with Crippen LogP contribution < -0.4 is 4.72 Å². The van der Waals surface area contributed by atoms with E-state index in [1.54, 1.807) is 11.0 Å². The minimum atomic E-state index is -1.28. The van der Waals surface area contributed by atoms with E-state index in [9.17, 15) is 13.4 Å².